The van der Waals surface area contributed by atoms with Gasteiger partial charge in [0.15, 0.2) is 0 Å². The summed E-state index contributed by atoms with van der Waals surface area (Å²) in [5.41, 5.74) is 0. The van der Waals surface area contributed by atoms with Gasteiger partial charge in [0.2, 0.25) is 0 Å². The highest BCUT2D eigenvalue weighted by molar-refractivity contribution is 5.91. The molecule has 4 nitrogen and oxygen atoms in total. The van der Waals surface area contributed by atoms with Crippen molar-refractivity contribution in [2.75, 3.05) is 6.61 Å². The Labute approximate surface area is 104 Å². The summed E-state index contributed by atoms with van der Waals surface area (Å²) in [7, 11) is 0. The van der Waals surface area contributed by atoms with Gasteiger partial charge in [0.05, 0.1) is 12.7 Å². The van der Waals surface area contributed by atoms with Crippen LogP contribution in [-0.2, 0) is 19.1 Å². The number of rotatable bonds is 8. The van der Waals surface area contributed by atoms with Gasteiger partial charge in [-0.1, -0.05) is 20.8 Å². The van der Waals surface area contributed by atoms with Crippen LogP contribution in [0.2, 0.25) is 0 Å². The molecule has 0 fully saturated rings. The highest BCUT2D eigenvalue weighted by Gasteiger charge is 2.14. The Morgan fingerprint density at radius 2 is 1.76 bits per heavy atom. The van der Waals surface area contributed by atoms with E-state index in [0.29, 0.717) is 12.5 Å². The maximum absolute atomic E-state index is 11.2. The molecular formula is C13H24O4. The first-order valence-corrected chi connectivity index (χ1v) is 6.30. The Morgan fingerprint density at radius 3 is 2.29 bits per heavy atom. The molecule has 100 valence electrons. The van der Waals surface area contributed by atoms with Gasteiger partial charge in [-0.25, -0.2) is 0 Å². The molecule has 0 saturated carbocycles. The smallest absolute Gasteiger partial charge is 0.317 e. The number of hydrogen-bond acceptors (Lipinski definition) is 4. The molecule has 0 radical (unpaired) electrons. The van der Waals surface area contributed by atoms with E-state index in [0.717, 1.165) is 19.3 Å². The number of esters is 2. The molecule has 0 spiro atoms. The summed E-state index contributed by atoms with van der Waals surface area (Å²) in [6.45, 7) is 8.33. The lowest BCUT2D eigenvalue weighted by Gasteiger charge is -2.10. The molecule has 0 aromatic heterocycles. The van der Waals surface area contributed by atoms with E-state index in [-0.39, 0.29) is 12.5 Å². The zero-order chi connectivity index (χ0) is 13.3. The predicted octanol–water partition coefficient (Wildman–Crippen LogP) is 2.70. The molecule has 0 N–H and O–H groups in total. The Balaban J connectivity index is 3.61. The third-order valence-electron chi connectivity index (χ3n) is 2.39. The molecule has 0 rings (SSSR count). The topological polar surface area (TPSA) is 52.6 Å². The number of carbonyl (C=O) groups excluding carboxylic acids is 2. The lowest BCUT2D eigenvalue weighted by molar-refractivity contribution is -0.157. The van der Waals surface area contributed by atoms with E-state index >= 15 is 0 Å². The van der Waals surface area contributed by atoms with Crippen molar-refractivity contribution in [2.24, 2.45) is 5.92 Å². The predicted molar refractivity (Wildman–Crippen MR) is 65.5 cm³/mol. The summed E-state index contributed by atoms with van der Waals surface area (Å²) in [6.07, 6.45) is 2.17. The second-order valence-electron chi connectivity index (χ2n) is 4.64. The highest BCUT2D eigenvalue weighted by atomic mass is 16.6. The largest absolute Gasteiger partial charge is 0.465 e. The molecular weight excluding hydrogens is 220 g/mol. The standard InChI is InChI=1S/C13H24O4/c1-5-11(4)17-13(15)9-12(14)16-8-6-7-10(2)3/h10-11H,5-9H2,1-4H3. The van der Waals surface area contributed by atoms with Crippen LogP contribution in [0, 0.1) is 5.92 Å². The van der Waals surface area contributed by atoms with Gasteiger partial charge in [-0.2, -0.15) is 0 Å². The zero-order valence-electron chi connectivity index (χ0n) is 11.3. The molecule has 1 unspecified atom stereocenters. The lowest BCUT2D eigenvalue weighted by atomic mass is 10.1. The molecule has 0 aromatic carbocycles. The molecule has 0 amide bonds. The van der Waals surface area contributed by atoms with Crippen LogP contribution in [0.1, 0.15) is 53.4 Å². The molecule has 4 heteroatoms. The van der Waals surface area contributed by atoms with Crippen LogP contribution in [0.25, 0.3) is 0 Å². The van der Waals surface area contributed by atoms with Gasteiger partial charge in [0, 0.05) is 0 Å². The van der Waals surface area contributed by atoms with E-state index in [1.54, 1.807) is 6.92 Å². The van der Waals surface area contributed by atoms with Gasteiger partial charge in [-0.05, 0) is 32.1 Å². The maximum Gasteiger partial charge on any atom is 0.317 e. The van der Waals surface area contributed by atoms with Crippen LogP contribution < -0.4 is 0 Å². The van der Waals surface area contributed by atoms with Crippen LogP contribution in [0.5, 0.6) is 0 Å². The van der Waals surface area contributed by atoms with E-state index in [1.807, 2.05) is 6.92 Å². The fourth-order valence-corrected chi connectivity index (χ4v) is 1.20. The number of ether oxygens (including phenoxy) is 2. The minimum atomic E-state index is -0.506. The molecule has 1 atom stereocenters. The first-order valence-electron chi connectivity index (χ1n) is 6.30. The van der Waals surface area contributed by atoms with Crippen LogP contribution in [-0.4, -0.2) is 24.6 Å². The summed E-state index contributed by atoms with van der Waals surface area (Å²) >= 11 is 0. The summed E-state index contributed by atoms with van der Waals surface area (Å²) in [4.78, 5) is 22.5. The molecule has 0 heterocycles. The first-order chi connectivity index (χ1) is 7.95. The summed E-state index contributed by atoms with van der Waals surface area (Å²) in [6, 6.07) is 0. The third kappa shape index (κ3) is 9.85. The molecule has 17 heavy (non-hydrogen) atoms. The van der Waals surface area contributed by atoms with E-state index in [9.17, 15) is 9.59 Å². The van der Waals surface area contributed by atoms with Crippen molar-refractivity contribution in [2.45, 2.75) is 59.5 Å². The maximum atomic E-state index is 11.2. The highest BCUT2D eigenvalue weighted by Crippen LogP contribution is 2.04. The summed E-state index contributed by atoms with van der Waals surface area (Å²) in [5, 5.41) is 0. The van der Waals surface area contributed by atoms with Gasteiger partial charge >= 0.3 is 11.9 Å². The molecule has 0 aliphatic carbocycles. The van der Waals surface area contributed by atoms with Crippen LogP contribution >= 0.6 is 0 Å². The molecule has 0 aliphatic rings. The minimum absolute atomic E-state index is 0.142. The number of hydrogen-bond donors (Lipinski definition) is 0. The van der Waals surface area contributed by atoms with Crippen molar-refractivity contribution in [3.05, 3.63) is 0 Å². The fraction of sp³-hybridized carbons (Fsp3) is 0.846. The van der Waals surface area contributed by atoms with E-state index in [2.05, 4.69) is 13.8 Å². The van der Waals surface area contributed by atoms with Crippen molar-refractivity contribution in [3.63, 3.8) is 0 Å². The SMILES string of the molecule is CCC(C)OC(=O)CC(=O)OCCCC(C)C. The average Bonchev–Trinajstić information content (AvgIpc) is 2.23. The Hall–Kier alpha value is -1.06. The Bertz CT molecular complexity index is 236. The fourth-order valence-electron chi connectivity index (χ4n) is 1.20. The second-order valence-corrected chi connectivity index (χ2v) is 4.64. The molecule has 0 aromatic rings. The van der Waals surface area contributed by atoms with Crippen LogP contribution in [0.4, 0.5) is 0 Å². The van der Waals surface area contributed by atoms with Crippen molar-refractivity contribution in [1.82, 2.24) is 0 Å². The summed E-state index contributed by atoms with van der Waals surface area (Å²) in [5.74, 6) is -0.403. The lowest BCUT2D eigenvalue weighted by Crippen LogP contribution is -2.18. The van der Waals surface area contributed by atoms with E-state index in [1.165, 1.54) is 0 Å². The second kappa shape index (κ2) is 9.02. The van der Waals surface area contributed by atoms with E-state index < -0.39 is 11.9 Å². The quantitative estimate of drug-likeness (QED) is 0.374. The van der Waals surface area contributed by atoms with Gasteiger partial charge in [0.1, 0.15) is 6.42 Å². The van der Waals surface area contributed by atoms with Gasteiger partial charge < -0.3 is 9.47 Å². The minimum Gasteiger partial charge on any atom is -0.465 e. The normalized spacial score (nSPS) is 12.3. The third-order valence-corrected chi connectivity index (χ3v) is 2.39. The van der Waals surface area contributed by atoms with Gasteiger partial charge in [-0.3, -0.25) is 9.59 Å². The monoisotopic (exact) mass is 244 g/mol. The molecule has 0 aliphatic heterocycles. The number of carbonyl (C=O) groups is 2. The zero-order valence-corrected chi connectivity index (χ0v) is 11.3. The first kappa shape index (κ1) is 15.9. The van der Waals surface area contributed by atoms with Crippen LogP contribution in [0.15, 0.2) is 0 Å². The molecule has 0 bridgehead atoms. The Morgan fingerprint density at radius 1 is 1.12 bits per heavy atom. The van der Waals surface area contributed by atoms with Crippen LogP contribution in [0.3, 0.4) is 0 Å². The summed E-state index contributed by atoms with van der Waals surface area (Å²) < 4.78 is 9.91. The van der Waals surface area contributed by atoms with Gasteiger partial charge in [0.25, 0.3) is 0 Å². The Kier molecular flexibility index (Phi) is 8.46. The average molecular weight is 244 g/mol. The van der Waals surface area contributed by atoms with Crippen molar-refractivity contribution < 1.29 is 19.1 Å². The van der Waals surface area contributed by atoms with E-state index in [4.69, 9.17) is 9.47 Å². The van der Waals surface area contributed by atoms with Gasteiger partial charge in [-0.15, -0.1) is 0 Å². The van der Waals surface area contributed by atoms with Crippen molar-refractivity contribution in [3.8, 4) is 0 Å². The van der Waals surface area contributed by atoms with Crippen molar-refractivity contribution in [1.29, 1.82) is 0 Å². The van der Waals surface area contributed by atoms with Crippen molar-refractivity contribution >= 4 is 11.9 Å². The molecule has 0 saturated heterocycles.